The summed E-state index contributed by atoms with van der Waals surface area (Å²) in [5.41, 5.74) is 1.39. The van der Waals surface area contributed by atoms with Crippen molar-refractivity contribution in [1.82, 2.24) is 10.2 Å². The van der Waals surface area contributed by atoms with Gasteiger partial charge in [0.1, 0.15) is 0 Å². The van der Waals surface area contributed by atoms with Gasteiger partial charge in [-0.25, -0.2) is 0 Å². The zero-order chi connectivity index (χ0) is 14.2. The van der Waals surface area contributed by atoms with Gasteiger partial charge < -0.3 is 10.2 Å². The van der Waals surface area contributed by atoms with Gasteiger partial charge in [0.15, 0.2) is 0 Å². The third-order valence-corrected chi connectivity index (χ3v) is 4.46. The average molecular weight is 274 g/mol. The summed E-state index contributed by atoms with van der Waals surface area (Å²) in [6.07, 6.45) is 5.29. The number of hydrogen-bond donors (Lipinski definition) is 1. The van der Waals surface area contributed by atoms with Crippen LogP contribution >= 0.6 is 0 Å². The average Bonchev–Trinajstić information content (AvgIpc) is 2.51. The van der Waals surface area contributed by atoms with Gasteiger partial charge in [0.2, 0.25) is 0 Å². The third-order valence-electron chi connectivity index (χ3n) is 4.46. The van der Waals surface area contributed by atoms with Gasteiger partial charge in [0.05, 0.1) is 0 Å². The Labute approximate surface area is 124 Å². The molecule has 1 saturated heterocycles. The Morgan fingerprint density at radius 1 is 1.15 bits per heavy atom. The molecule has 0 aromatic heterocycles. The highest BCUT2D eigenvalue weighted by Gasteiger charge is 2.25. The molecule has 0 radical (unpaired) electrons. The second kappa shape index (κ2) is 8.43. The molecule has 2 atom stereocenters. The number of unbranched alkanes of at least 4 members (excludes halogenated alkanes) is 1. The largest absolute Gasteiger partial charge is 0.309 e. The van der Waals surface area contributed by atoms with Crippen molar-refractivity contribution in [3.8, 4) is 0 Å². The number of rotatable bonds is 7. The minimum atomic E-state index is 0.658. The monoisotopic (exact) mass is 274 g/mol. The predicted octanol–water partition coefficient (Wildman–Crippen LogP) is 3.68. The van der Waals surface area contributed by atoms with E-state index in [4.69, 9.17) is 0 Å². The fraction of sp³-hybridized carbons (Fsp3) is 0.667. The molecule has 1 fully saturated rings. The first-order chi connectivity index (χ1) is 9.81. The SMILES string of the molecule is CCCCN1CC(CC)CC(NCc2ccccc2)C1. The molecule has 1 aliphatic heterocycles. The quantitative estimate of drug-likeness (QED) is 0.816. The topological polar surface area (TPSA) is 15.3 Å². The first-order valence-corrected chi connectivity index (χ1v) is 8.31. The van der Waals surface area contributed by atoms with Gasteiger partial charge in [0, 0.05) is 25.7 Å². The molecule has 112 valence electrons. The van der Waals surface area contributed by atoms with E-state index in [9.17, 15) is 0 Å². The third kappa shape index (κ3) is 4.92. The van der Waals surface area contributed by atoms with Crippen LogP contribution in [-0.2, 0) is 6.54 Å². The van der Waals surface area contributed by atoms with E-state index in [-0.39, 0.29) is 0 Å². The molecule has 0 spiro atoms. The van der Waals surface area contributed by atoms with Gasteiger partial charge in [-0.2, -0.15) is 0 Å². The maximum Gasteiger partial charge on any atom is 0.0208 e. The van der Waals surface area contributed by atoms with Crippen LogP contribution in [0, 0.1) is 5.92 Å². The van der Waals surface area contributed by atoms with Crippen molar-refractivity contribution >= 4 is 0 Å². The molecule has 1 heterocycles. The number of likely N-dealkylation sites (tertiary alicyclic amines) is 1. The van der Waals surface area contributed by atoms with Gasteiger partial charge in [-0.15, -0.1) is 0 Å². The van der Waals surface area contributed by atoms with Crippen LogP contribution in [0.3, 0.4) is 0 Å². The molecule has 0 amide bonds. The van der Waals surface area contributed by atoms with E-state index in [2.05, 4.69) is 54.4 Å². The van der Waals surface area contributed by atoms with Crippen LogP contribution < -0.4 is 5.32 Å². The van der Waals surface area contributed by atoms with Gasteiger partial charge in [-0.05, 0) is 30.9 Å². The zero-order valence-electron chi connectivity index (χ0n) is 13.1. The molecule has 0 saturated carbocycles. The molecule has 20 heavy (non-hydrogen) atoms. The summed E-state index contributed by atoms with van der Waals surface area (Å²) >= 11 is 0. The van der Waals surface area contributed by atoms with E-state index in [1.54, 1.807) is 0 Å². The summed E-state index contributed by atoms with van der Waals surface area (Å²) in [4.78, 5) is 2.67. The van der Waals surface area contributed by atoms with Crippen LogP contribution in [0.2, 0.25) is 0 Å². The molecule has 1 aromatic rings. The summed E-state index contributed by atoms with van der Waals surface area (Å²) in [6.45, 7) is 9.43. The summed E-state index contributed by atoms with van der Waals surface area (Å²) in [5, 5.41) is 3.77. The molecule has 0 aliphatic carbocycles. The summed E-state index contributed by atoms with van der Waals surface area (Å²) in [6, 6.07) is 11.4. The Balaban J connectivity index is 1.82. The van der Waals surface area contributed by atoms with Crippen molar-refractivity contribution in [2.24, 2.45) is 5.92 Å². The maximum atomic E-state index is 3.77. The van der Waals surface area contributed by atoms with Crippen LogP contribution in [0.15, 0.2) is 30.3 Å². The number of nitrogens with zero attached hydrogens (tertiary/aromatic N) is 1. The smallest absolute Gasteiger partial charge is 0.0208 e. The predicted molar refractivity (Wildman–Crippen MR) is 86.8 cm³/mol. The van der Waals surface area contributed by atoms with Crippen LogP contribution in [0.1, 0.15) is 45.1 Å². The van der Waals surface area contributed by atoms with Crippen molar-refractivity contribution in [2.75, 3.05) is 19.6 Å². The van der Waals surface area contributed by atoms with Gasteiger partial charge in [-0.3, -0.25) is 0 Å². The molecule has 2 heteroatoms. The van der Waals surface area contributed by atoms with Crippen LogP contribution in [0.5, 0.6) is 0 Å². The Hall–Kier alpha value is -0.860. The molecule has 0 bridgehead atoms. The van der Waals surface area contributed by atoms with E-state index in [1.807, 2.05) is 0 Å². The molecule has 2 nitrogen and oxygen atoms in total. The molecule has 2 rings (SSSR count). The molecular weight excluding hydrogens is 244 g/mol. The Kier molecular flexibility index (Phi) is 6.55. The lowest BCUT2D eigenvalue weighted by molar-refractivity contribution is 0.136. The standard InChI is InChI=1S/C18H30N2/c1-3-5-11-20-14-16(4-2)12-18(15-20)19-13-17-9-7-6-8-10-17/h6-10,16,18-19H,3-5,11-15H2,1-2H3. The second-order valence-corrected chi connectivity index (χ2v) is 6.19. The molecule has 1 N–H and O–H groups in total. The van der Waals surface area contributed by atoms with Crippen molar-refractivity contribution < 1.29 is 0 Å². The summed E-state index contributed by atoms with van der Waals surface area (Å²) in [7, 11) is 0. The minimum absolute atomic E-state index is 0.658. The van der Waals surface area contributed by atoms with Crippen molar-refractivity contribution in [2.45, 2.75) is 52.1 Å². The van der Waals surface area contributed by atoms with Crippen molar-refractivity contribution in [3.05, 3.63) is 35.9 Å². The molecule has 1 aromatic carbocycles. The highest BCUT2D eigenvalue weighted by molar-refractivity contribution is 5.14. The number of nitrogens with one attached hydrogen (secondary N) is 1. The summed E-state index contributed by atoms with van der Waals surface area (Å²) < 4.78 is 0. The first kappa shape index (κ1) is 15.5. The number of hydrogen-bond acceptors (Lipinski definition) is 2. The highest BCUT2D eigenvalue weighted by Crippen LogP contribution is 2.20. The summed E-state index contributed by atoms with van der Waals surface area (Å²) in [5.74, 6) is 0.869. The first-order valence-electron chi connectivity index (χ1n) is 8.31. The minimum Gasteiger partial charge on any atom is -0.309 e. The van der Waals surface area contributed by atoms with Crippen LogP contribution in [0.4, 0.5) is 0 Å². The van der Waals surface area contributed by atoms with E-state index < -0.39 is 0 Å². The molecule has 1 aliphatic rings. The lowest BCUT2D eigenvalue weighted by Gasteiger charge is -2.38. The highest BCUT2D eigenvalue weighted by atomic mass is 15.2. The van der Waals surface area contributed by atoms with E-state index in [0.29, 0.717) is 6.04 Å². The molecule has 2 unspecified atom stereocenters. The lowest BCUT2D eigenvalue weighted by atomic mass is 9.92. The second-order valence-electron chi connectivity index (χ2n) is 6.19. The molecular formula is C18H30N2. The zero-order valence-corrected chi connectivity index (χ0v) is 13.1. The Morgan fingerprint density at radius 2 is 1.95 bits per heavy atom. The maximum absolute atomic E-state index is 3.77. The van der Waals surface area contributed by atoms with E-state index in [1.165, 1.54) is 50.9 Å². The normalized spacial score (nSPS) is 23.9. The Morgan fingerprint density at radius 3 is 2.65 bits per heavy atom. The van der Waals surface area contributed by atoms with E-state index in [0.717, 1.165) is 12.5 Å². The van der Waals surface area contributed by atoms with Crippen LogP contribution in [-0.4, -0.2) is 30.6 Å². The number of piperidine rings is 1. The Bertz CT molecular complexity index is 363. The van der Waals surface area contributed by atoms with Gasteiger partial charge in [0.25, 0.3) is 0 Å². The van der Waals surface area contributed by atoms with Gasteiger partial charge in [-0.1, -0.05) is 57.0 Å². The lowest BCUT2D eigenvalue weighted by Crippen LogP contribution is -2.49. The van der Waals surface area contributed by atoms with Crippen molar-refractivity contribution in [1.29, 1.82) is 0 Å². The van der Waals surface area contributed by atoms with Crippen molar-refractivity contribution in [3.63, 3.8) is 0 Å². The fourth-order valence-electron chi connectivity index (χ4n) is 3.17. The van der Waals surface area contributed by atoms with E-state index >= 15 is 0 Å². The number of benzene rings is 1. The fourth-order valence-corrected chi connectivity index (χ4v) is 3.17. The van der Waals surface area contributed by atoms with Gasteiger partial charge >= 0.3 is 0 Å². The van der Waals surface area contributed by atoms with Crippen LogP contribution in [0.25, 0.3) is 0 Å².